The lowest BCUT2D eigenvalue weighted by Crippen LogP contribution is -2.57. The molecule has 3 N–H and O–H groups in total. The van der Waals surface area contributed by atoms with Gasteiger partial charge >= 0.3 is 0 Å². The highest BCUT2D eigenvalue weighted by Crippen LogP contribution is 2.20. The first-order valence-corrected chi connectivity index (χ1v) is 6.83. The number of H-pyrrole nitrogens is 1. The summed E-state index contributed by atoms with van der Waals surface area (Å²) in [5.74, 6) is 0.106. The highest BCUT2D eigenvalue weighted by atomic mass is 16.2. The van der Waals surface area contributed by atoms with Crippen LogP contribution in [0.3, 0.4) is 0 Å². The van der Waals surface area contributed by atoms with E-state index in [4.69, 9.17) is 0 Å². The molecule has 106 valence electrons. The Morgan fingerprint density at radius 2 is 2.37 bits per heavy atom. The molecule has 0 saturated carbocycles. The Balaban J connectivity index is 1.89. The van der Waals surface area contributed by atoms with E-state index in [-0.39, 0.29) is 17.4 Å². The minimum Gasteiger partial charge on any atom is -0.364 e. The van der Waals surface area contributed by atoms with E-state index in [0.29, 0.717) is 6.54 Å². The van der Waals surface area contributed by atoms with Gasteiger partial charge in [-0.2, -0.15) is 0 Å². The largest absolute Gasteiger partial charge is 0.364 e. The fourth-order valence-electron chi connectivity index (χ4n) is 2.37. The minimum atomic E-state index is -0.0835. The Labute approximate surface area is 114 Å². The van der Waals surface area contributed by atoms with E-state index in [0.717, 1.165) is 25.3 Å². The predicted molar refractivity (Wildman–Crippen MR) is 76.1 cm³/mol. The molecule has 1 aliphatic rings. The number of amides is 1. The van der Waals surface area contributed by atoms with Crippen LogP contribution >= 0.6 is 0 Å². The van der Waals surface area contributed by atoms with Gasteiger partial charge in [-0.1, -0.05) is 13.8 Å². The molecule has 0 spiro atoms. The number of piperazine rings is 1. The van der Waals surface area contributed by atoms with Crippen LogP contribution in [0.5, 0.6) is 0 Å². The zero-order valence-corrected chi connectivity index (χ0v) is 12.0. The summed E-state index contributed by atoms with van der Waals surface area (Å²) in [6.45, 7) is 7.48. The fourth-order valence-corrected chi connectivity index (χ4v) is 2.37. The summed E-state index contributed by atoms with van der Waals surface area (Å²) in [5.41, 5.74) is 1.06. The molecular weight excluding hydrogens is 240 g/mol. The molecule has 1 aromatic heterocycles. The molecule has 0 radical (unpaired) electrons. The van der Waals surface area contributed by atoms with Gasteiger partial charge in [0.15, 0.2) is 0 Å². The molecule has 1 fully saturated rings. The average Bonchev–Trinajstić information content (AvgIpc) is 2.91. The van der Waals surface area contributed by atoms with Gasteiger partial charge in [0.05, 0.1) is 0 Å². The second-order valence-corrected chi connectivity index (χ2v) is 5.89. The standard InChI is InChI=1S/C14H24N4O/c1-14(2,12-5-4-6-16-12)10-17-13(19)11-9-15-7-8-18(11)3/h4-6,11,15-16H,7-10H2,1-3H3,(H,17,19). The molecule has 5 heteroatoms. The normalized spacial score (nSPS) is 21.3. The van der Waals surface area contributed by atoms with Gasteiger partial charge in [0, 0.05) is 43.5 Å². The number of rotatable bonds is 4. The lowest BCUT2D eigenvalue weighted by atomic mass is 9.89. The summed E-state index contributed by atoms with van der Waals surface area (Å²) in [6.07, 6.45) is 1.91. The summed E-state index contributed by atoms with van der Waals surface area (Å²) in [4.78, 5) is 17.5. The van der Waals surface area contributed by atoms with Crippen molar-refractivity contribution < 1.29 is 4.79 Å². The Morgan fingerprint density at radius 3 is 3.00 bits per heavy atom. The Kier molecular flexibility index (Phi) is 4.27. The van der Waals surface area contributed by atoms with Gasteiger partial charge in [-0.05, 0) is 19.2 Å². The monoisotopic (exact) mass is 264 g/mol. The fraction of sp³-hybridized carbons (Fsp3) is 0.643. The molecule has 19 heavy (non-hydrogen) atoms. The lowest BCUT2D eigenvalue weighted by Gasteiger charge is -2.33. The number of hydrogen-bond acceptors (Lipinski definition) is 3. The highest BCUT2D eigenvalue weighted by Gasteiger charge is 2.28. The molecule has 1 aromatic rings. The number of nitrogens with one attached hydrogen (secondary N) is 3. The van der Waals surface area contributed by atoms with E-state index in [1.807, 2.05) is 19.3 Å². The van der Waals surface area contributed by atoms with Crippen molar-refractivity contribution in [1.82, 2.24) is 20.5 Å². The number of carbonyl (C=O) groups excluding carboxylic acids is 1. The Hall–Kier alpha value is -1.33. The molecule has 2 rings (SSSR count). The van der Waals surface area contributed by atoms with Gasteiger partial charge in [0.2, 0.25) is 5.91 Å². The second kappa shape index (κ2) is 5.75. The second-order valence-electron chi connectivity index (χ2n) is 5.89. The van der Waals surface area contributed by atoms with Crippen LogP contribution in [-0.2, 0) is 10.2 Å². The molecule has 1 amide bonds. The van der Waals surface area contributed by atoms with Gasteiger partial charge in [0.25, 0.3) is 0 Å². The van der Waals surface area contributed by atoms with Crippen LogP contribution in [0.1, 0.15) is 19.5 Å². The van der Waals surface area contributed by atoms with Crippen molar-refractivity contribution in [2.24, 2.45) is 0 Å². The van der Waals surface area contributed by atoms with Crippen molar-refractivity contribution in [3.05, 3.63) is 24.0 Å². The molecule has 1 unspecified atom stereocenters. The number of aromatic amines is 1. The third-order valence-electron chi connectivity index (χ3n) is 3.85. The van der Waals surface area contributed by atoms with E-state index in [1.165, 1.54) is 0 Å². The van der Waals surface area contributed by atoms with E-state index >= 15 is 0 Å². The lowest BCUT2D eigenvalue weighted by molar-refractivity contribution is -0.126. The molecular formula is C14H24N4O. The summed E-state index contributed by atoms with van der Waals surface area (Å²) in [6, 6.07) is 3.98. The van der Waals surface area contributed by atoms with Crippen LogP contribution in [0.2, 0.25) is 0 Å². The topological polar surface area (TPSA) is 60.2 Å². The van der Waals surface area contributed by atoms with Crippen molar-refractivity contribution in [1.29, 1.82) is 0 Å². The van der Waals surface area contributed by atoms with Crippen LogP contribution in [0.4, 0.5) is 0 Å². The van der Waals surface area contributed by atoms with Crippen molar-refractivity contribution in [2.45, 2.75) is 25.3 Å². The van der Waals surface area contributed by atoms with Gasteiger partial charge in [-0.3, -0.25) is 9.69 Å². The first-order chi connectivity index (χ1) is 9.00. The zero-order chi connectivity index (χ0) is 13.9. The average molecular weight is 264 g/mol. The molecule has 0 aromatic carbocycles. The number of hydrogen-bond donors (Lipinski definition) is 3. The summed E-state index contributed by atoms with van der Waals surface area (Å²) < 4.78 is 0. The smallest absolute Gasteiger partial charge is 0.238 e. The maximum absolute atomic E-state index is 12.2. The van der Waals surface area contributed by atoms with E-state index in [9.17, 15) is 4.79 Å². The van der Waals surface area contributed by atoms with Crippen molar-refractivity contribution >= 4 is 5.91 Å². The predicted octanol–water partition coefficient (Wildman–Crippen LogP) is 0.312. The number of aromatic nitrogens is 1. The molecule has 1 atom stereocenters. The summed E-state index contributed by atoms with van der Waals surface area (Å²) >= 11 is 0. The number of likely N-dealkylation sites (N-methyl/N-ethyl adjacent to an activating group) is 1. The van der Waals surface area contributed by atoms with Crippen LogP contribution < -0.4 is 10.6 Å². The quantitative estimate of drug-likeness (QED) is 0.733. The number of nitrogens with zero attached hydrogens (tertiary/aromatic N) is 1. The van der Waals surface area contributed by atoms with E-state index in [1.54, 1.807) is 0 Å². The summed E-state index contributed by atoms with van der Waals surface area (Å²) in [7, 11) is 2.00. The van der Waals surface area contributed by atoms with Crippen LogP contribution in [0, 0.1) is 0 Å². The highest BCUT2D eigenvalue weighted by molar-refractivity contribution is 5.82. The Morgan fingerprint density at radius 1 is 1.58 bits per heavy atom. The zero-order valence-electron chi connectivity index (χ0n) is 12.0. The van der Waals surface area contributed by atoms with Gasteiger partial charge < -0.3 is 15.6 Å². The molecule has 1 saturated heterocycles. The molecule has 5 nitrogen and oxygen atoms in total. The van der Waals surface area contributed by atoms with E-state index in [2.05, 4.69) is 40.4 Å². The third kappa shape index (κ3) is 3.36. The molecule has 1 aliphatic heterocycles. The van der Waals surface area contributed by atoms with Gasteiger partial charge in [0.1, 0.15) is 6.04 Å². The van der Waals surface area contributed by atoms with Crippen molar-refractivity contribution in [3.8, 4) is 0 Å². The first-order valence-electron chi connectivity index (χ1n) is 6.83. The van der Waals surface area contributed by atoms with E-state index < -0.39 is 0 Å². The molecule has 2 heterocycles. The minimum absolute atomic E-state index is 0.0619. The van der Waals surface area contributed by atoms with Crippen LogP contribution in [0.15, 0.2) is 18.3 Å². The SMILES string of the molecule is CN1CCNCC1C(=O)NCC(C)(C)c1ccc[nH]1. The van der Waals surface area contributed by atoms with Crippen molar-refractivity contribution in [3.63, 3.8) is 0 Å². The van der Waals surface area contributed by atoms with Crippen LogP contribution in [0.25, 0.3) is 0 Å². The van der Waals surface area contributed by atoms with Gasteiger partial charge in [-0.15, -0.1) is 0 Å². The van der Waals surface area contributed by atoms with Crippen molar-refractivity contribution in [2.75, 3.05) is 33.2 Å². The third-order valence-corrected chi connectivity index (χ3v) is 3.85. The van der Waals surface area contributed by atoms with Crippen LogP contribution in [-0.4, -0.2) is 55.1 Å². The first kappa shape index (κ1) is 14.1. The Bertz CT molecular complexity index is 413. The number of carbonyl (C=O) groups is 1. The molecule has 0 bridgehead atoms. The molecule has 0 aliphatic carbocycles. The summed E-state index contributed by atoms with van der Waals surface area (Å²) in [5, 5.41) is 6.33. The maximum atomic E-state index is 12.2. The van der Waals surface area contributed by atoms with Gasteiger partial charge in [-0.25, -0.2) is 0 Å². The maximum Gasteiger partial charge on any atom is 0.238 e.